The second-order valence-electron chi connectivity index (χ2n) is 4.17. The second kappa shape index (κ2) is 5.80. The summed E-state index contributed by atoms with van der Waals surface area (Å²) in [7, 11) is 0. The van der Waals surface area contributed by atoms with Crippen LogP contribution in [0.25, 0.3) is 0 Å². The number of hydrogen-bond donors (Lipinski definition) is 1. The third-order valence-corrected chi connectivity index (χ3v) is 3.01. The maximum atomic E-state index is 12.3. The molecule has 0 saturated carbocycles. The van der Waals surface area contributed by atoms with Gasteiger partial charge < -0.3 is 15.4 Å². The van der Waals surface area contributed by atoms with E-state index in [1.54, 1.807) is 0 Å². The van der Waals surface area contributed by atoms with Crippen molar-refractivity contribution in [2.45, 2.75) is 12.5 Å². The summed E-state index contributed by atoms with van der Waals surface area (Å²) in [4.78, 5) is 14.2. The van der Waals surface area contributed by atoms with Crippen LogP contribution >= 0.6 is 0 Å². The fourth-order valence-electron chi connectivity index (χ4n) is 2.10. The molecule has 1 aromatic carbocycles. The minimum absolute atomic E-state index is 0.0763. The van der Waals surface area contributed by atoms with Gasteiger partial charge in [0.2, 0.25) is 0 Å². The number of nitrogens with zero attached hydrogens (tertiary/aromatic N) is 1. The average Bonchev–Trinajstić information content (AvgIpc) is 2.40. The summed E-state index contributed by atoms with van der Waals surface area (Å²) in [6.45, 7) is 2.43. The number of morpholine rings is 1. The largest absolute Gasteiger partial charge is 0.377 e. The first kappa shape index (κ1) is 12.1. The highest BCUT2D eigenvalue weighted by molar-refractivity contribution is 5.94. The maximum Gasteiger partial charge on any atom is 0.254 e. The Morgan fingerprint density at radius 1 is 1.41 bits per heavy atom. The van der Waals surface area contributed by atoms with Crippen molar-refractivity contribution in [1.82, 2.24) is 4.90 Å². The van der Waals surface area contributed by atoms with Crippen molar-refractivity contribution in [3.05, 3.63) is 35.9 Å². The topological polar surface area (TPSA) is 55.6 Å². The van der Waals surface area contributed by atoms with Crippen LogP contribution in [0.4, 0.5) is 0 Å². The van der Waals surface area contributed by atoms with Gasteiger partial charge in [-0.15, -0.1) is 0 Å². The highest BCUT2D eigenvalue weighted by Crippen LogP contribution is 2.14. The smallest absolute Gasteiger partial charge is 0.254 e. The van der Waals surface area contributed by atoms with Gasteiger partial charge >= 0.3 is 0 Å². The maximum absolute atomic E-state index is 12.3. The van der Waals surface area contributed by atoms with Gasteiger partial charge in [-0.2, -0.15) is 0 Å². The number of rotatable bonds is 3. The van der Waals surface area contributed by atoms with Crippen LogP contribution in [0.15, 0.2) is 30.3 Å². The minimum Gasteiger partial charge on any atom is -0.377 e. The molecule has 1 aliphatic rings. The molecule has 1 atom stereocenters. The number of carbonyl (C=O) groups is 1. The van der Waals surface area contributed by atoms with E-state index in [0.29, 0.717) is 26.3 Å². The normalized spacial score (nSPS) is 20.3. The summed E-state index contributed by atoms with van der Waals surface area (Å²) >= 11 is 0. The van der Waals surface area contributed by atoms with E-state index < -0.39 is 0 Å². The summed E-state index contributed by atoms with van der Waals surface area (Å²) < 4.78 is 5.40. The lowest BCUT2D eigenvalue weighted by Gasteiger charge is -2.35. The van der Waals surface area contributed by atoms with Crippen LogP contribution in [-0.4, -0.2) is 43.2 Å². The first-order chi connectivity index (χ1) is 8.33. The van der Waals surface area contributed by atoms with Gasteiger partial charge in [0, 0.05) is 12.1 Å². The van der Waals surface area contributed by atoms with E-state index in [4.69, 9.17) is 10.5 Å². The molecule has 0 aromatic heterocycles. The zero-order chi connectivity index (χ0) is 12.1. The van der Waals surface area contributed by atoms with Gasteiger partial charge in [-0.25, -0.2) is 0 Å². The number of ether oxygens (including phenoxy) is 1. The molecule has 4 heteroatoms. The van der Waals surface area contributed by atoms with Crippen LogP contribution in [0.2, 0.25) is 0 Å². The molecular formula is C13H18N2O2. The molecule has 1 fully saturated rings. The lowest BCUT2D eigenvalue weighted by Crippen LogP contribution is -2.49. The first-order valence-electron chi connectivity index (χ1n) is 5.96. The summed E-state index contributed by atoms with van der Waals surface area (Å²) in [5.74, 6) is 0.0763. The molecule has 1 unspecified atom stereocenters. The zero-order valence-electron chi connectivity index (χ0n) is 9.84. The van der Waals surface area contributed by atoms with Crippen LogP contribution in [0, 0.1) is 0 Å². The van der Waals surface area contributed by atoms with Gasteiger partial charge in [-0.3, -0.25) is 4.79 Å². The second-order valence-corrected chi connectivity index (χ2v) is 4.17. The van der Waals surface area contributed by atoms with Crippen molar-refractivity contribution < 1.29 is 9.53 Å². The fourth-order valence-corrected chi connectivity index (χ4v) is 2.10. The highest BCUT2D eigenvalue weighted by Gasteiger charge is 2.27. The average molecular weight is 234 g/mol. The molecular weight excluding hydrogens is 216 g/mol. The summed E-state index contributed by atoms with van der Waals surface area (Å²) in [6, 6.07) is 9.47. The van der Waals surface area contributed by atoms with Gasteiger partial charge in [0.15, 0.2) is 0 Å². The van der Waals surface area contributed by atoms with Crippen molar-refractivity contribution in [2.24, 2.45) is 5.73 Å². The fraction of sp³-hybridized carbons (Fsp3) is 0.462. The Labute approximate surface area is 101 Å². The van der Waals surface area contributed by atoms with Crippen molar-refractivity contribution in [3.63, 3.8) is 0 Å². The third kappa shape index (κ3) is 2.84. The molecule has 17 heavy (non-hydrogen) atoms. The molecule has 0 aliphatic carbocycles. The number of hydrogen-bond acceptors (Lipinski definition) is 3. The van der Waals surface area contributed by atoms with Crippen molar-refractivity contribution >= 4 is 5.91 Å². The Hall–Kier alpha value is -1.39. The van der Waals surface area contributed by atoms with Gasteiger partial charge in [-0.1, -0.05) is 18.2 Å². The van der Waals surface area contributed by atoms with E-state index in [2.05, 4.69) is 0 Å². The van der Waals surface area contributed by atoms with Gasteiger partial charge in [0.05, 0.1) is 19.3 Å². The number of amides is 1. The molecule has 1 saturated heterocycles. The van der Waals surface area contributed by atoms with Gasteiger partial charge in [-0.05, 0) is 25.1 Å². The standard InChI is InChI=1S/C13H18N2O2/c14-7-6-12-10-17-9-8-15(12)13(16)11-4-2-1-3-5-11/h1-5,12H,6-10,14H2. The SMILES string of the molecule is NCCC1COCCN1C(=O)c1ccccc1. The van der Waals surface area contributed by atoms with E-state index in [1.165, 1.54) is 0 Å². The summed E-state index contributed by atoms with van der Waals surface area (Å²) in [6.07, 6.45) is 0.790. The van der Waals surface area contributed by atoms with Gasteiger partial charge in [0.1, 0.15) is 0 Å². The van der Waals surface area contributed by atoms with Crippen LogP contribution in [0.1, 0.15) is 16.8 Å². The molecule has 0 spiro atoms. The van der Waals surface area contributed by atoms with Crippen molar-refractivity contribution in [3.8, 4) is 0 Å². The minimum atomic E-state index is 0.0763. The molecule has 1 amide bonds. The van der Waals surface area contributed by atoms with Gasteiger partial charge in [0.25, 0.3) is 5.91 Å². The first-order valence-corrected chi connectivity index (χ1v) is 5.96. The Morgan fingerprint density at radius 3 is 2.88 bits per heavy atom. The Kier molecular flexibility index (Phi) is 4.12. The summed E-state index contributed by atoms with van der Waals surface area (Å²) in [5, 5.41) is 0. The number of nitrogens with two attached hydrogens (primary N) is 1. The van der Waals surface area contributed by atoms with Crippen LogP contribution in [-0.2, 0) is 4.74 Å². The van der Waals surface area contributed by atoms with Crippen LogP contribution in [0.3, 0.4) is 0 Å². The summed E-state index contributed by atoms with van der Waals surface area (Å²) in [5.41, 5.74) is 6.30. The van der Waals surface area contributed by atoms with E-state index in [1.807, 2.05) is 35.2 Å². The lowest BCUT2D eigenvalue weighted by atomic mass is 10.1. The van der Waals surface area contributed by atoms with E-state index in [0.717, 1.165) is 12.0 Å². The Morgan fingerprint density at radius 2 is 2.18 bits per heavy atom. The molecule has 1 aromatic rings. The van der Waals surface area contributed by atoms with E-state index in [9.17, 15) is 4.79 Å². The molecule has 2 rings (SSSR count). The third-order valence-electron chi connectivity index (χ3n) is 3.01. The van der Waals surface area contributed by atoms with Crippen molar-refractivity contribution in [1.29, 1.82) is 0 Å². The zero-order valence-corrected chi connectivity index (χ0v) is 9.84. The van der Waals surface area contributed by atoms with E-state index in [-0.39, 0.29) is 11.9 Å². The van der Waals surface area contributed by atoms with Crippen molar-refractivity contribution in [2.75, 3.05) is 26.3 Å². The van der Waals surface area contributed by atoms with E-state index >= 15 is 0 Å². The van der Waals surface area contributed by atoms with Crippen LogP contribution in [0.5, 0.6) is 0 Å². The molecule has 1 heterocycles. The predicted molar refractivity (Wildman–Crippen MR) is 65.8 cm³/mol. The Bertz CT molecular complexity index is 365. The molecule has 1 aliphatic heterocycles. The predicted octanol–water partition coefficient (Wildman–Crippen LogP) is 0.876. The molecule has 0 radical (unpaired) electrons. The lowest BCUT2D eigenvalue weighted by molar-refractivity contribution is -0.00344. The Balaban J connectivity index is 2.11. The quantitative estimate of drug-likeness (QED) is 0.844. The molecule has 0 bridgehead atoms. The number of carbonyl (C=O) groups excluding carboxylic acids is 1. The molecule has 2 N–H and O–H groups in total. The van der Waals surface area contributed by atoms with Crippen LogP contribution < -0.4 is 5.73 Å². The number of benzene rings is 1. The molecule has 4 nitrogen and oxygen atoms in total. The highest BCUT2D eigenvalue weighted by atomic mass is 16.5. The molecule has 92 valence electrons. The monoisotopic (exact) mass is 234 g/mol.